The molecule has 1 fully saturated rings. The summed E-state index contributed by atoms with van der Waals surface area (Å²) in [6, 6.07) is 14.0. The summed E-state index contributed by atoms with van der Waals surface area (Å²) < 4.78 is 5.78. The van der Waals surface area contributed by atoms with Crippen molar-refractivity contribution in [1.82, 2.24) is 4.90 Å². The highest BCUT2D eigenvalue weighted by molar-refractivity contribution is 6.55. The third kappa shape index (κ3) is 4.77. The van der Waals surface area contributed by atoms with Crippen LogP contribution in [0.2, 0.25) is 0 Å². The first-order chi connectivity index (χ1) is 15.2. The Labute approximate surface area is 184 Å². The van der Waals surface area contributed by atoms with Gasteiger partial charge in [-0.05, 0) is 56.6 Å². The molecule has 0 spiro atoms. The van der Waals surface area contributed by atoms with E-state index in [0.29, 0.717) is 29.1 Å². The molecule has 2 aromatic rings. The number of rotatable bonds is 7. The van der Waals surface area contributed by atoms with E-state index in [4.69, 9.17) is 9.73 Å². The third-order valence-electron chi connectivity index (χ3n) is 6.04. The molecule has 0 bridgehead atoms. The van der Waals surface area contributed by atoms with Gasteiger partial charge < -0.3 is 4.74 Å². The van der Waals surface area contributed by atoms with E-state index in [2.05, 4.69) is 11.8 Å². The number of piperidine rings is 1. The molecule has 4 rings (SSSR count). The number of Topliss-reactive ketones (excluding diaryl/α,β-unsaturated/α-hetero) is 2. The standard InChI is InChI=1S/C26H30N2O3/c1-2-3-9-18-31-20-14-12-19(13-15-20)27-23-24(28-16-7-4-8-17-28)26(30)22-11-6-5-10-21(22)25(23)29/h5-6,10-15,24H,2-4,7-9,16-18H2,1H3. The highest BCUT2D eigenvalue weighted by Gasteiger charge is 2.41. The minimum absolute atomic E-state index is 0.0215. The second-order valence-electron chi connectivity index (χ2n) is 8.28. The van der Waals surface area contributed by atoms with Gasteiger partial charge >= 0.3 is 0 Å². The Morgan fingerprint density at radius 2 is 1.65 bits per heavy atom. The molecule has 1 unspecified atom stereocenters. The fourth-order valence-corrected chi connectivity index (χ4v) is 4.35. The smallest absolute Gasteiger partial charge is 0.210 e. The van der Waals surface area contributed by atoms with E-state index in [1.807, 2.05) is 30.3 Å². The van der Waals surface area contributed by atoms with Crippen LogP contribution in [0.3, 0.4) is 0 Å². The van der Waals surface area contributed by atoms with Crippen LogP contribution >= 0.6 is 0 Å². The average molecular weight is 419 g/mol. The summed E-state index contributed by atoms with van der Waals surface area (Å²) in [7, 11) is 0. The number of aliphatic imine (C=N–C) groups is 1. The zero-order valence-electron chi connectivity index (χ0n) is 18.2. The van der Waals surface area contributed by atoms with Gasteiger partial charge in [0.25, 0.3) is 0 Å². The molecule has 0 radical (unpaired) electrons. The predicted octanol–water partition coefficient (Wildman–Crippen LogP) is 5.26. The number of ether oxygens (including phenoxy) is 1. The van der Waals surface area contributed by atoms with Crippen molar-refractivity contribution in [2.45, 2.75) is 51.5 Å². The zero-order chi connectivity index (χ0) is 21.6. The zero-order valence-corrected chi connectivity index (χ0v) is 18.2. The molecule has 1 saturated heterocycles. The Balaban J connectivity index is 1.62. The number of carbonyl (C=O) groups excluding carboxylic acids is 2. The molecule has 5 nitrogen and oxygen atoms in total. The summed E-state index contributed by atoms with van der Waals surface area (Å²) in [5.74, 6) is 0.626. The van der Waals surface area contributed by atoms with Gasteiger partial charge in [-0.1, -0.05) is 50.5 Å². The van der Waals surface area contributed by atoms with E-state index in [-0.39, 0.29) is 11.6 Å². The first-order valence-electron chi connectivity index (χ1n) is 11.4. The Hall–Kier alpha value is -2.79. The Kier molecular flexibility index (Phi) is 6.92. The van der Waals surface area contributed by atoms with E-state index in [1.54, 1.807) is 18.2 Å². The molecule has 2 aromatic carbocycles. The molecular weight excluding hydrogens is 388 g/mol. The molecule has 1 atom stereocenters. The normalized spacial score (nSPS) is 20.7. The van der Waals surface area contributed by atoms with Gasteiger partial charge in [0.15, 0.2) is 5.78 Å². The number of carbonyl (C=O) groups is 2. The van der Waals surface area contributed by atoms with Crippen LogP contribution in [0.15, 0.2) is 53.5 Å². The quantitative estimate of drug-likeness (QED) is 0.576. The molecule has 0 amide bonds. The summed E-state index contributed by atoms with van der Waals surface area (Å²) in [5, 5.41) is 0. The third-order valence-corrected chi connectivity index (χ3v) is 6.04. The largest absolute Gasteiger partial charge is 0.494 e. The van der Waals surface area contributed by atoms with Crippen molar-refractivity contribution >= 4 is 23.0 Å². The van der Waals surface area contributed by atoms with Crippen molar-refractivity contribution in [2.24, 2.45) is 4.99 Å². The number of nitrogens with zero attached hydrogens (tertiary/aromatic N) is 2. The van der Waals surface area contributed by atoms with Crippen molar-refractivity contribution in [2.75, 3.05) is 19.7 Å². The molecule has 162 valence electrons. The minimum atomic E-state index is -0.604. The summed E-state index contributed by atoms with van der Waals surface area (Å²) in [5.41, 5.74) is 1.97. The first kappa shape index (κ1) is 21.4. The number of fused-ring (bicyclic) bond motifs is 1. The van der Waals surface area contributed by atoms with Crippen molar-refractivity contribution in [1.29, 1.82) is 0 Å². The highest BCUT2D eigenvalue weighted by atomic mass is 16.5. The van der Waals surface area contributed by atoms with Gasteiger partial charge in [-0.15, -0.1) is 0 Å². The maximum absolute atomic E-state index is 13.4. The summed E-state index contributed by atoms with van der Waals surface area (Å²) in [6.45, 7) is 4.49. The molecule has 5 heteroatoms. The van der Waals surface area contributed by atoms with Gasteiger partial charge in [0.2, 0.25) is 5.78 Å². The SMILES string of the molecule is CCCCCOc1ccc(N=C2C(=O)c3ccccc3C(=O)C2N2CCCCC2)cc1. The molecule has 31 heavy (non-hydrogen) atoms. The minimum Gasteiger partial charge on any atom is -0.494 e. The highest BCUT2D eigenvalue weighted by Crippen LogP contribution is 2.28. The van der Waals surface area contributed by atoms with Gasteiger partial charge in [0.1, 0.15) is 17.5 Å². The van der Waals surface area contributed by atoms with Crippen molar-refractivity contribution in [3.8, 4) is 5.75 Å². The van der Waals surface area contributed by atoms with Crippen LogP contribution in [0.1, 0.15) is 66.2 Å². The van der Waals surface area contributed by atoms with Crippen LogP contribution in [-0.4, -0.2) is 47.9 Å². The average Bonchev–Trinajstić information content (AvgIpc) is 2.82. The lowest BCUT2D eigenvalue weighted by Crippen LogP contribution is -2.54. The molecular formula is C26H30N2O3. The Morgan fingerprint density at radius 3 is 2.35 bits per heavy atom. The fourth-order valence-electron chi connectivity index (χ4n) is 4.35. The number of benzene rings is 2. The molecule has 1 aliphatic heterocycles. The topological polar surface area (TPSA) is 59.0 Å². The Morgan fingerprint density at radius 1 is 0.935 bits per heavy atom. The van der Waals surface area contributed by atoms with Gasteiger partial charge in [-0.2, -0.15) is 0 Å². The second kappa shape index (κ2) is 10.0. The van der Waals surface area contributed by atoms with E-state index in [0.717, 1.165) is 57.4 Å². The maximum atomic E-state index is 13.4. The van der Waals surface area contributed by atoms with E-state index < -0.39 is 6.04 Å². The van der Waals surface area contributed by atoms with Gasteiger partial charge in [-0.25, -0.2) is 4.99 Å². The van der Waals surface area contributed by atoms with Crippen LogP contribution in [0.4, 0.5) is 5.69 Å². The van der Waals surface area contributed by atoms with E-state index in [9.17, 15) is 9.59 Å². The van der Waals surface area contributed by atoms with Crippen molar-refractivity contribution in [3.05, 3.63) is 59.7 Å². The molecule has 1 heterocycles. The Bertz CT molecular complexity index is 959. The number of hydrogen-bond donors (Lipinski definition) is 0. The summed E-state index contributed by atoms with van der Waals surface area (Å²) in [6.07, 6.45) is 6.59. The first-order valence-corrected chi connectivity index (χ1v) is 11.4. The number of ketones is 2. The van der Waals surface area contributed by atoms with Crippen LogP contribution in [0.25, 0.3) is 0 Å². The van der Waals surface area contributed by atoms with Crippen molar-refractivity contribution in [3.63, 3.8) is 0 Å². The maximum Gasteiger partial charge on any atom is 0.210 e. The molecule has 0 saturated carbocycles. The molecule has 0 N–H and O–H groups in total. The predicted molar refractivity (Wildman–Crippen MR) is 123 cm³/mol. The summed E-state index contributed by atoms with van der Waals surface area (Å²) in [4.78, 5) is 33.6. The van der Waals surface area contributed by atoms with Crippen LogP contribution in [0.5, 0.6) is 5.75 Å². The number of unbranched alkanes of at least 4 members (excludes halogenated alkanes) is 2. The van der Waals surface area contributed by atoms with Gasteiger partial charge in [-0.3, -0.25) is 14.5 Å². The monoisotopic (exact) mass is 418 g/mol. The molecule has 1 aliphatic carbocycles. The van der Waals surface area contributed by atoms with Gasteiger partial charge in [0.05, 0.1) is 12.3 Å². The lowest BCUT2D eigenvalue weighted by molar-refractivity contribution is 0.0831. The molecule has 2 aliphatic rings. The number of likely N-dealkylation sites (tertiary alicyclic amines) is 1. The van der Waals surface area contributed by atoms with Crippen LogP contribution in [0, 0.1) is 0 Å². The lowest BCUT2D eigenvalue weighted by atomic mass is 9.83. The van der Waals surface area contributed by atoms with Gasteiger partial charge in [0, 0.05) is 11.1 Å². The van der Waals surface area contributed by atoms with E-state index in [1.165, 1.54) is 0 Å². The van der Waals surface area contributed by atoms with Crippen molar-refractivity contribution < 1.29 is 14.3 Å². The lowest BCUT2D eigenvalue weighted by Gasteiger charge is -2.36. The molecule has 0 aromatic heterocycles. The number of hydrogen-bond acceptors (Lipinski definition) is 5. The second-order valence-corrected chi connectivity index (χ2v) is 8.28. The van der Waals surface area contributed by atoms with E-state index >= 15 is 0 Å². The summed E-state index contributed by atoms with van der Waals surface area (Å²) >= 11 is 0. The van der Waals surface area contributed by atoms with Crippen LogP contribution < -0.4 is 4.74 Å². The fraction of sp³-hybridized carbons (Fsp3) is 0.423. The van der Waals surface area contributed by atoms with Crippen LogP contribution in [-0.2, 0) is 0 Å².